The first-order valence-electron chi connectivity index (χ1n) is 7.04. The molecule has 0 bridgehead atoms. The number of ether oxygens (including phenoxy) is 2. The van der Waals surface area contributed by atoms with E-state index in [1.54, 1.807) is 25.7 Å². The highest BCUT2D eigenvalue weighted by atomic mass is 32.1. The first-order valence-corrected chi connectivity index (χ1v) is 7.92. The molecule has 0 amide bonds. The molecule has 2 heterocycles. The number of fused-ring (bicyclic) bond motifs is 1. The van der Waals surface area contributed by atoms with Crippen LogP contribution < -0.4 is 14.8 Å². The zero-order valence-corrected chi connectivity index (χ0v) is 13.9. The van der Waals surface area contributed by atoms with Crippen LogP contribution in [0, 0.1) is 0 Å². The second-order valence-electron chi connectivity index (χ2n) is 4.89. The maximum Gasteiger partial charge on any atom is 0.338 e. The van der Waals surface area contributed by atoms with Crippen molar-refractivity contribution in [1.82, 2.24) is 9.97 Å². The molecular formula is C16H15N3O4S. The molecule has 0 spiro atoms. The summed E-state index contributed by atoms with van der Waals surface area (Å²) >= 11 is 1.30. The second kappa shape index (κ2) is 6.71. The van der Waals surface area contributed by atoms with Gasteiger partial charge in [0.1, 0.15) is 29.2 Å². The Balaban J connectivity index is 1.87. The fourth-order valence-corrected chi connectivity index (χ4v) is 3.26. The van der Waals surface area contributed by atoms with Gasteiger partial charge in [0, 0.05) is 23.6 Å². The number of carboxylic acid groups (broad SMARTS) is 1. The van der Waals surface area contributed by atoms with Crippen LogP contribution >= 0.6 is 11.3 Å². The van der Waals surface area contributed by atoms with E-state index in [9.17, 15) is 9.90 Å². The number of nitrogens with zero attached hydrogens (tertiary/aromatic N) is 2. The molecule has 0 unspecified atom stereocenters. The number of hydrogen-bond donors (Lipinski definition) is 2. The largest absolute Gasteiger partial charge is 0.497 e. The number of aromatic nitrogens is 2. The minimum absolute atomic E-state index is 0.183. The van der Waals surface area contributed by atoms with E-state index < -0.39 is 5.97 Å². The van der Waals surface area contributed by atoms with E-state index in [0.717, 1.165) is 5.56 Å². The maximum absolute atomic E-state index is 11.2. The Hall–Kier alpha value is -2.87. The van der Waals surface area contributed by atoms with Crippen molar-refractivity contribution in [2.75, 3.05) is 19.5 Å². The SMILES string of the molecule is COc1ccc(CNc2ncnc3c(C(=O)O)csc23)c(OC)c1. The van der Waals surface area contributed by atoms with Gasteiger partial charge in [-0.05, 0) is 12.1 Å². The van der Waals surface area contributed by atoms with E-state index in [0.29, 0.717) is 34.1 Å². The van der Waals surface area contributed by atoms with Crippen molar-refractivity contribution < 1.29 is 19.4 Å². The summed E-state index contributed by atoms with van der Waals surface area (Å²) in [5.74, 6) is 1.01. The third-order valence-electron chi connectivity index (χ3n) is 3.52. The lowest BCUT2D eigenvalue weighted by Gasteiger charge is -2.12. The summed E-state index contributed by atoms with van der Waals surface area (Å²) in [5, 5.41) is 14.0. The number of aromatic carboxylic acids is 1. The van der Waals surface area contributed by atoms with Crippen molar-refractivity contribution in [2.45, 2.75) is 6.54 Å². The van der Waals surface area contributed by atoms with E-state index in [1.807, 2.05) is 12.1 Å². The number of carboxylic acids is 1. The Morgan fingerprint density at radius 1 is 1.29 bits per heavy atom. The van der Waals surface area contributed by atoms with Crippen LogP contribution in [0.25, 0.3) is 10.2 Å². The number of hydrogen-bond acceptors (Lipinski definition) is 7. The highest BCUT2D eigenvalue weighted by Crippen LogP contribution is 2.30. The minimum Gasteiger partial charge on any atom is -0.497 e. The molecule has 0 saturated carbocycles. The molecule has 0 aliphatic heterocycles. The highest BCUT2D eigenvalue weighted by molar-refractivity contribution is 7.18. The van der Waals surface area contributed by atoms with Crippen molar-refractivity contribution in [2.24, 2.45) is 0 Å². The van der Waals surface area contributed by atoms with Gasteiger partial charge in [-0.3, -0.25) is 0 Å². The van der Waals surface area contributed by atoms with Crippen molar-refractivity contribution in [1.29, 1.82) is 0 Å². The Labute approximate surface area is 141 Å². The molecule has 2 N–H and O–H groups in total. The molecule has 0 aliphatic carbocycles. The van der Waals surface area contributed by atoms with Gasteiger partial charge < -0.3 is 19.9 Å². The Morgan fingerprint density at radius 2 is 2.12 bits per heavy atom. The second-order valence-corrected chi connectivity index (χ2v) is 5.77. The lowest BCUT2D eigenvalue weighted by molar-refractivity contribution is 0.0699. The summed E-state index contributed by atoms with van der Waals surface area (Å²) < 4.78 is 11.3. The van der Waals surface area contributed by atoms with Crippen molar-refractivity contribution in [3.63, 3.8) is 0 Å². The van der Waals surface area contributed by atoms with Crippen molar-refractivity contribution in [3.05, 3.63) is 41.0 Å². The zero-order chi connectivity index (χ0) is 17.1. The predicted octanol–water partition coefficient (Wildman–Crippen LogP) is 3.02. The molecule has 8 heteroatoms. The van der Waals surface area contributed by atoms with Crippen molar-refractivity contribution in [3.8, 4) is 11.5 Å². The molecule has 0 aliphatic rings. The van der Waals surface area contributed by atoms with Gasteiger partial charge in [-0.15, -0.1) is 11.3 Å². The lowest BCUT2D eigenvalue weighted by atomic mass is 10.2. The van der Waals surface area contributed by atoms with Crippen LogP contribution in [0.5, 0.6) is 11.5 Å². The zero-order valence-electron chi connectivity index (χ0n) is 13.1. The monoisotopic (exact) mass is 345 g/mol. The van der Waals surface area contributed by atoms with Crippen LogP contribution in [0.2, 0.25) is 0 Å². The summed E-state index contributed by atoms with van der Waals surface area (Å²) in [5.41, 5.74) is 1.55. The maximum atomic E-state index is 11.2. The Bertz CT molecular complexity index is 894. The lowest BCUT2D eigenvalue weighted by Crippen LogP contribution is -2.04. The van der Waals surface area contributed by atoms with E-state index >= 15 is 0 Å². The summed E-state index contributed by atoms with van der Waals surface area (Å²) in [6.45, 7) is 0.472. The molecule has 7 nitrogen and oxygen atoms in total. The predicted molar refractivity (Wildman–Crippen MR) is 91.2 cm³/mol. The van der Waals surface area contributed by atoms with Gasteiger partial charge >= 0.3 is 5.97 Å². The third-order valence-corrected chi connectivity index (χ3v) is 4.50. The van der Waals surface area contributed by atoms with Gasteiger partial charge in [-0.2, -0.15) is 0 Å². The number of benzene rings is 1. The number of rotatable bonds is 6. The standard InChI is InChI=1S/C16H15N3O4S/c1-22-10-4-3-9(12(5-10)23-2)6-17-15-14-13(18-8-19-15)11(7-24-14)16(20)21/h3-5,7-8H,6H2,1-2H3,(H,20,21)(H,17,18,19). The van der Waals surface area contributed by atoms with Crippen molar-refractivity contribution >= 4 is 33.3 Å². The molecule has 0 saturated heterocycles. The number of nitrogens with one attached hydrogen (secondary N) is 1. The van der Waals surface area contributed by atoms with Crippen LogP contribution in [0.4, 0.5) is 5.82 Å². The molecule has 2 aromatic heterocycles. The summed E-state index contributed by atoms with van der Waals surface area (Å²) in [6, 6.07) is 5.56. The van der Waals surface area contributed by atoms with E-state index in [-0.39, 0.29) is 5.56 Å². The number of carbonyl (C=O) groups is 1. The number of anilines is 1. The van der Waals surface area contributed by atoms with E-state index in [4.69, 9.17) is 9.47 Å². The normalized spacial score (nSPS) is 10.6. The van der Waals surface area contributed by atoms with Crippen LogP contribution in [0.15, 0.2) is 29.9 Å². The molecule has 3 rings (SSSR count). The molecular weight excluding hydrogens is 330 g/mol. The Morgan fingerprint density at radius 3 is 2.83 bits per heavy atom. The van der Waals surface area contributed by atoms with Crippen LogP contribution in [-0.4, -0.2) is 35.3 Å². The number of thiophene rings is 1. The fraction of sp³-hybridized carbons (Fsp3) is 0.188. The summed E-state index contributed by atoms with van der Waals surface area (Å²) in [6.07, 6.45) is 1.36. The molecule has 0 fully saturated rings. The first-order chi connectivity index (χ1) is 11.6. The quantitative estimate of drug-likeness (QED) is 0.709. The molecule has 3 aromatic rings. The molecule has 1 aromatic carbocycles. The Kier molecular flexibility index (Phi) is 4.48. The van der Waals surface area contributed by atoms with Crippen LogP contribution in [0.1, 0.15) is 15.9 Å². The smallest absolute Gasteiger partial charge is 0.338 e. The molecule has 24 heavy (non-hydrogen) atoms. The van der Waals surface area contributed by atoms with Crippen LogP contribution in [-0.2, 0) is 6.54 Å². The average molecular weight is 345 g/mol. The van der Waals surface area contributed by atoms with Gasteiger partial charge in [0.25, 0.3) is 0 Å². The van der Waals surface area contributed by atoms with E-state index in [1.165, 1.54) is 17.7 Å². The molecule has 0 radical (unpaired) electrons. The highest BCUT2D eigenvalue weighted by Gasteiger charge is 2.15. The first kappa shape index (κ1) is 16.0. The minimum atomic E-state index is -0.997. The number of methoxy groups -OCH3 is 2. The topological polar surface area (TPSA) is 93.6 Å². The summed E-state index contributed by atoms with van der Waals surface area (Å²) in [7, 11) is 3.20. The molecule has 0 atom stereocenters. The van der Waals surface area contributed by atoms with Gasteiger partial charge in [0.05, 0.1) is 24.5 Å². The average Bonchev–Trinajstić information content (AvgIpc) is 3.04. The van der Waals surface area contributed by atoms with Gasteiger partial charge in [0.15, 0.2) is 0 Å². The van der Waals surface area contributed by atoms with E-state index in [2.05, 4.69) is 15.3 Å². The van der Waals surface area contributed by atoms with Crippen LogP contribution in [0.3, 0.4) is 0 Å². The van der Waals surface area contributed by atoms with Gasteiger partial charge in [-0.1, -0.05) is 0 Å². The van der Waals surface area contributed by atoms with Gasteiger partial charge in [0.2, 0.25) is 0 Å². The fourth-order valence-electron chi connectivity index (χ4n) is 2.31. The third kappa shape index (κ3) is 2.95. The summed E-state index contributed by atoms with van der Waals surface area (Å²) in [4.78, 5) is 19.5. The molecule has 124 valence electrons. The van der Waals surface area contributed by atoms with Gasteiger partial charge in [-0.25, -0.2) is 14.8 Å².